The molecule has 1 amide bonds. The first kappa shape index (κ1) is 15.0. The first-order chi connectivity index (χ1) is 12.1. The van der Waals surface area contributed by atoms with E-state index in [0.29, 0.717) is 5.69 Å². The maximum absolute atomic E-state index is 13.5. The summed E-state index contributed by atoms with van der Waals surface area (Å²) in [6.07, 6.45) is 6.25. The molecular weight excluding hydrogens is 382 g/mol. The van der Waals surface area contributed by atoms with E-state index in [-0.39, 0.29) is 18.0 Å². The Kier molecular flexibility index (Phi) is 3.22. The van der Waals surface area contributed by atoms with Gasteiger partial charge in [0, 0.05) is 41.1 Å². The van der Waals surface area contributed by atoms with Crippen molar-refractivity contribution < 1.29 is 4.79 Å². The van der Waals surface area contributed by atoms with Crippen LogP contribution >= 0.6 is 15.9 Å². The van der Waals surface area contributed by atoms with E-state index < -0.39 is 0 Å². The highest BCUT2D eigenvalue weighted by atomic mass is 79.9. The molecule has 7 heteroatoms. The molecule has 0 aliphatic carbocycles. The highest BCUT2D eigenvalue weighted by Crippen LogP contribution is 2.43. The molecule has 6 nitrogen and oxygen atoms in total. The quantitative estimate of drug-likeness (QED) is 0.632. The molecular formula is C18H16BrN5O. The van der Waals surface area contributed by atoms with E-state index in [0.717, 1.165) is 45.9 Å². The molecule has 2 unspecified atom stereocenters. The van der Waals surface area contributed by atoms with Gasteiger partial charge in [-0.3, -0.25) is 9.48 Å². The van der Waals surface area contributed by atoms with Crippen LogP contribution in [0.1, 0.15) is 40.6 Å². The second-order valence-electron chi connectivity index (χ2n) is 6.72. The number of aryl methyl sites for hydroxylation is 1. The van der Waals surface area contributed by atoms with Crippen LogP contribution in [0.15, 0.2) is 35.2 Å². The summed E-state index contributed by atoms with van der Waals surface area (Å²) in [4.78, 5) is 24.1. The molecule has 126 valence electrons. The first-order valence-corrected chi connectivity index (χ1v) is 9.16. The van der Waals surface area contributed by atoms with Gasteiger partial charge in [-0.05, 0) is 31.0 Å². The molecule has 0 N–H and O–H groups in total. The SMILES string of the molecule is Cn1nc2cc(Br)ccc2c1C(=O)N1C2CCC1c1cncnc1C2. The number of amides is 1. The average molecular weight is 398 g/mol. The van der Waals surface area contributed by atoms with Crippen molar-refractivity contribution in [2.75, 3.05) is 0 Å². The fourth-order valence-corrected chi connectivity index (χ4v) is 4.63. The molecule has 5 rings (SSSR count). The molecule has 2 aliphatic rings. The fourth-order valence-electron chi connectivity index (χ4n) is 4.28. The van der Waals surface area contributed by atoms with E-state index in [1.165, 1.54) is 0 Å². The zero-order valence-corrected chi connectivity index (χ0v) is 15.3. The minimum atomic E-state index is 0.0503. The molecule has 0 saturated carbocycles. The van der Waals surface area contributed by atoms with Crippen molar-refractivity contribution in [2.24, 2.45) is 7.05 Å². The van der Waals surface area contributed by atoms with Crippen molar-refractivity contribution in [3.63, 3.8) is 0 Å². The Hall–Kier alpha value is -2.28. The van der Waals surface area contributed by atoms with Gasteiger partial charge in [-0.25, -0.2) is 9.97 Å². The summed E-state index contributed by atoms with van der Waals surface area (Å²) >= 11 is 3.47. The second-order valence-corrected chi connectivity index (χ2v) is 7.64. The lowest BCUT2D eigenvalue weighted by Gasteiger charge is -2.35. The Bertz CT molecular complexity index is 1010. The summed E-state index contributed by atoms with van der Waals surface area (Å²) in [5, 5.41) is 5.41. The zero-order chi connectivity index (χ0) is 17.1. The standard InChI is InChI=1S/C18H16BrN5O/c1-23-17(12-4-2-10(19)6-15(12)22-23)18(25)24-11-3-5-16(24)13-8-20-9-21-14(13)7-11/h2,4,6,8-9,11,16H,3,5,7H2,1H3. The van der Waals surface area contributed by atoms with Crippen molar-refractivity contribution in [1.82, 2.24) is 24.6 Å². The highest BCUT2D eigenvalue weighted by molar-refractivity contribution is 9.10. The molecule has 0 spiro atoms. The van der Waals surface area contributed by atoms with Gasteiger partial charge in [-0.15, -0.1) is 0 Å². The summed E-state index contributed by atoms with van der Waals surface area (Å²) < 4.78 is 2.66. The number of carbonyl (C=O) groups excluding carboxylic acids is 1. The summed E-state index contributed by atoms with van der Waals surface area (Å²) in [7, 11) is 1.84. The minimum absolute atomic E-state index is 0.0503. The number of carbonyl (C=O) groups is 1. The lowest BCUT2D eigenvalue weighted by atomic mass is 9.98. The van der Waals surface area contributed by atoms with Crippen LogP contribution in [-0.2, 0) is 13.5 Å². The second kappa shape index (κ2) is 5.36. The maximum atomic E-state index is 13.5. The maximum Gasteiger partial charge on any atom is 0.273 e. The number of nitrogens with zero attached hydrogens (tertiary/aromatic N) is 5. The third kappa shape index (κ3) is 2.15. The van der Waals surface area contributed by atoms with Crippen LogP contribution in [0.4, 0.5) is 0 Å². The zero-order valence-electron chi connectivity index (χ0n) is 13.7. The van der Waals surface area contributed by atoms with Gasteiger partial charge in [0.15, 0.2) is 0 Å². The Morgan fingerprint density at radius 1 is 1.32 bits per heavy atom. The van der Waals surface area contributed by atoms with Crippen LogP contribution < -0.4 is 0 Å². The predicted molar refractivity (Wildman–Crippen MR) is 96.1 cm³/mol. The van der Waals surface area contributed by atoms with Crippen molar-refractivity contribution in [3.05, 3.63) is 52.1 Å². The number of halogens is 1. The largest absolute Gasteiger partial charge is 0.327 e. The molecule has 2 aliphatic heterocycles. The van der Waals surface area contributed by atoms with E-state index >= 15 is 0 Å². The highest BCUT2D eigenvalue weighted by Gasteiger charge is 2.44. The summed E-state index contributed by atoms with van der Waals surface area (Å²) in [5.74, 6) is 0.0503. The van der Waals surface area contributed by atoms with Crippen LogP contribution in [-0.4, -0.2) is 36.6 Å². The van der Waals surface area contributed by atoms with Gasteiger partial charge in [-0.1, -0.05) is 15.9 Å². The lowest BCUT2D eigenvalue weighted by Crippen LogP contribution is -2.43. The van der Waals surface area contributed by atoms with Gasteiger partial charge >= 0.3 is 0 Å². The third-order valence-electron chi connectivity index (χ3n) is 5.35. The number of aromatic nitrogens is 4. The molecule has 1 saturated heterocycles. The summed E-state index contributed by atoms with van der Waals surface area (Å²) in [6.45, 7) is 0. The van der Waals surface area contributed by atoms with Gasteiger partial charge in [0.2, 0.25) is 0 Å². The molecule has 1 fully saturated rings. The van der Waals surface area contributed by atoms with Gasteiger partial charge in [0.25, 0.3) is 5.91 Å². The van der Waals surface area contributed by atoms with Gasteiger partial charge in [0.05, 0.1) is 17.3 Å². The van der Waals surface area contributed by atoms with Crippen molar-refractivity contribution in [3.8, 4) is 0 Å². The van der Waals surface area contributed by atoms with Crippen LogP contribution in [0, 0.1) is 0 Å². The van der Waals surface area contributed by atoms with Crippen LogP contribution in [0.2, 0.25) is 0 Å². The van der Waals surface area contributed by atoms with Crippen LogP contribution in [0.3, 0.4) is 0 Å². The Labute approximate surface area is 153 Å². The van der Waals surface area contributed by atoms with Gasteiger partial charge < -0.3 is 4.90 Å². The molecule has 2 aromatic heterocycles. The van der Waals surface area contributed by atoms with E-state index in [1.807, 2.05) is 36.3 Å². The minimum Gasteiger partial charge on any atom is -0.327 e. The topological polar surface area (TPSA) is 63.9 Å². The monoisotopic (exact) mass is 397 g/mol. The van der Waals surface area contributed by atoms with E-state index in [4.69, 9.17) is 0 Å². The molecule has 2 bridgehead atoms. The van der Waals surface area contributed by atoms with Crippen molar-refractivity contribution >= 4 is 32.7 Å². The molecule has 3 aromatic rings. The average Bonchev–Trinajstić information content (AvgIpc) is 3.09. The molecule has 2 atom stereocenters. The Morgan fingerprint density at radius 2 is 2.20 bits per heavy atom. The normalized spacial score (nSPS) is 21.6. The number of fused-ring (bicyclic) bond motifs is 5. The summed E-state index contributed by atoms with van der Waals surface area (Å²) in [6, 6.07) is 6.14. The fraction of sp³-hybridized carbons (Fsp3) is 0.333. The first-order valence-electron chi connectivity index (χ1n) is 8.37. The van der Waals surface area contributed by atoms with Crippen LogP contribution in [0.5, 0.6) is 0 Å². The molecule has 25 heavy (non-hydrogen) atoms. The predicted octanol–water partition coefficient (Wildman–Crippen LogP) is 3.03. The number of benzene rings is 1. The smallest absolute Gasteiger partial charge is 0.273 e. The van der Waals surface area contributed by atoms with E-state index in [9.17, 15) is 4.79 Å². The Morgan fingerprint density at radius 3 is 3.08 bits per heavy atom. The molecule has 1 aromatic carbocycles. The molecule has 0 radical (unpaired) electrons. The molecule has 4 heterocycles. The van der Waals surface area contributed by atoms with E-state index in [1.54, 1.807) is 11.0 Å². The number of hydrogen-bond acceptors (Lipinski definition) is 4. The Balaban J connectivity index is 1.61. The van der Waals surface area contributed by atoms with E-state index in [2.05, 4.69) is 31.0 Å². The van der Waals surface area contributed by atoms with Gasteiger partial charge in [0.1, 0.15) is 12.0 Å². The van der Waals surface area contributed by atoms with Crippen molar-refractivity contribution in [2.45, 2.75) is 31.3 Å². The number of hydrogen-bond donors (Lipinski definition) is 0. The lowest BCUT2D eigenvalue weighted by molar-refractivity contribution is 0.0634. The summed E-state index contributed by atoms with van der Waals surface area (Å²) in [5.41, 5.74) is 3.66. The van der Waals surface area contributed by atoms with Crippen molar-refractivity contribution in [1.29, 1.82) is 0 Å². The van der Waals surface area contributed by atoms with Crippen LogP contribution in [0.25, 0.3) is 10.9 Å². The number of rotatable bonds is 1. The third-order valence-corrected chi connectivity index (χ3v) is 5.84. The van der Waals surface area contributed by atoms with Gasteiger partial charge in [-0.2, -0.15) is 5.10 Å².